The molecule has 2 N–H and O–H groups in total. The predicted octanol–water partition coefficient (Wildman–Crippen LogP) is 4.95. The number of benzene rings is 1. The van der Waals surface area contributed by atoms with E-state index in [1.54, 1.807) is 0 Å². The molecule has 33 heavy (non-hydrogen) atoms. The fourth-order valence-electron chi connectivity index (χ4n) is 3.83. The summed E-state index contributed by atoms with van der Waals surface area (Å²) in [5.41, 5.74) is 8.40. The fraction of sp³-hybridized carbons (Fsp3) is 0.280. The summed E-state index contributed by atoms with van der Waals surface area (Å²) in [6.45, 7) is 11.9. The maximum atomic E-state index is 13.7. The Kier molecular flexibility index (Phi) is 7.11. The van der Waals surface area contributed by atoms with Gasteiger partial charge >= 0.3 is 0 Å². The highest BCUT2D eigenvalue weighted by Crippen LogP contribution is 2.26. The van der Waals surface area contributed by atoms with Crippen molar-refractivity contribution in [3.63, 3.8) is 0 Å². The normalized spacial score (nSPS) is 14.4. The second-order valence-corrected chi connectivity index (χ2v) is 8.41. The molecule has 0 spiro atoms. The van der Waals surface area contributed by atoms with E-state index in [1.165, 1.54) is 18.2 Å². The second kappa shape index (κ2) is 10.2. The number of halogens is 2. The molecule has 0 amide bonds. The molecule has 0 aliphatic carbocycles. The minimum Gasteiger partial charge on any atom is -0.338 e. The molecule has 1 saturated heterocycles. The van der Waals surface area contributed by atoms with Gasteiger partial charge in [0, 0.05) is 55.9 Å². The van der Waals surface area contributed by atoms with Crippen molar-refractivity contribution >= 4 is 34.9 Å². The first-order valence-electron chi connectivity index (χ1n) is 11.0. The highest BCUT2D eigenvalue weighted by atomic mass is 35.5. The van der Waals surface area contributed by atoms with Crippen LogP contribution in [0.2, 0.25) is 5.02 Å². The van der Waals surface area contributed by atoms with Crippen molar-refractivity contribution in [2.75, 3.05) is 36.5 Å². The van der Waals surface area contributed by atoms with Gasteiger partial charge in [-0.1, -0.05) is 25.1 Å². The average Bonchev–Trinajstić information content (AvgIpc) is 3.18. The summed E-state index contributed by atoms with van der Waals surface area (Å²) in [4.78, 5) is 11.4. The van der Waals surface area contributed by atoms with Crippen LogP contribution in [0.4, 0.5) is 10.3 Å². The van der Waals surface area contributed by atoms with Gasteiger partial charge in [-0.25, -0.2) is 14.4 Å². The van der Waals surface area contributed by atoms with Crippen LogP contribution in [0.15, 0.2) is 49.4 Å². The first-order valence-corrected chi connectivity index (χ1v) is 11.4. The zero-order chi connectivity index (χ0) is 23.4. The SMILES string of the molecule is C=C(Nn1ccc(C)c1/C=C(\CC)c1cnc(N2CCNCC2)nc1)c1cc(F)ccc1Cl. The molecule has 0 bridgehead atoms. The Hall–Kier alpha value is -3.16. The molecule has 1 aliphatic rings. The summed E-state index contributed by atoms with van der Waals surface area (Å²) >= 11 is 6.25. The van der Waals surface area contributed by atoms with E-state index in [-0.39, 0.29) is 5.82 Å². The average molecular weight is 467 g/mol. The molecule has 6 nitrogen and oxygen atoms in total. The van der Waals surface area contributed by atoms with Gasteiger partial charge in [0.1, 0.15) is 5.82 Å². The number of allylic oxidation sites excluding steroid dienone is 1. The number of nitrogens with zero attached hydrogens (tertiary/aromatic N) is 4. The van der Waals surface area contributed by atoms with Gasteiger partial charge in [-0.2, -0.15) is 0 Å². The molecular weight excluding hydrogens is 439 g/mol. The van der Waals surface area contributed by atoms with Crippen molar-refractivity contribution in [2.45, 2.75) is 20.3 Å². The number of aromatic nitrogens is 3. The largest absolute Gasteiger partial charge is 0.338 e. The number of anilines is 1. The quantitative estimate of drug-likeness (QED) is 0.515. The lowest BCUT2D eigenvalue weighted by Crippen LogP contribution is -2.44. The zero-order valence-electron chi connectivity index (χ0n) is 18.9. The molecule has 2 aromatic heterocycles. The van der Waals surface area contributed by atoms with Crippen LogP contribution >= 0.6 is 11.6 Å². The van der Waals surface area contributed by atoms with Crippen molar-refractivity contribution in [3.05, 3.63) is 82.7 Å². The first-order chi connectivity index (χ1) is 16.0. The van der Waals surface area contributed by atoms with Gasteiger partial charge in [0.15, 0.2) is 0 Å². The van der Waals surface area contributed by atoms with Crippen molar-refractivity contribution in [1.29, 1.82) is 0 Å². The Morgan fingerprint density at radius 3 is 2.67 bits per heavy atom. The van der Waals surface area contributed by atoms with Crippen LogP contribution in [0.5, 0.6) is 0 Å². The van der Waals surface area contributed by atoms with Gasteiger partial charge in [-0.3, -0.25) is 10.1 Å². The van der Waals surface area contributed by atoms with Crippen LogP contribution in [-0.4, -0.2) is 40.8 Å². The van der Waals surface area contributed by atoms with Gasteiger partial charge in [0.25, 0.3) is 0 Å². The minimum absolute atomic E-state index is 0.362. The van der Waals surface area contributed by atoms with Gasteiger partial charge in [-0.15, -0.1) is 0 Å². The molecule has 0 radical (unpaired) electrons. The third-order valence-electron chi connectivity index (χ3n) is 5.75. The van der Waals surface area contributed by atoms with Gasteiger partial charge < -0.3 is 10.2 Å². The van der Waals surface area contributed by atoms with Crippen LogP contribution < -0.4 is 15.6 Å². The second-order valence-electron chi connectivity index (χ2n) is 8.00. The van der Waals surface area contributed by atoms with Crippen LogP contribution in [0.25, 0.3) is 17.3 Å². The molecule has 1 aliphatic heterocycles. The monoisotopic (exact) mass is 466 g/mol. The van der Waals surface area contributed by atoms with Gasteiger partial charge in [0.05, 0.1) is 16.4 Å². The number of aryl methyl sites for hydroxylation is 1. The standard InChI is InChI=1S/C25H28ClFN6/c1-4-19(20-15-29-25(30-16-20)32-11-8-28-9-12-32)13-24-17(2)7-10-33(24)31-18(3)22-14-21(27)5-6-23(22)26/h5-7,10,13-16,28,31H,3-4,8-9,11-12H2,1-2H3/b19-13+. The smallest absolute Gasteiger partial charge is 0.225 e. The number of hydrogen-bond acceptors (Lipinski definition) is 5. The molecule has 1 fully saturated rings. The van der Waals surface area contributed by atoms with Crippen molar-refractivity contribution in [3.8, 4) is 0 Å². The molecule has 3 heterocycles. The Morgan fingerprint density at radius 2 is 1.97 bits per heavy atom. The predicted molar refractivity (Wildman–Crippen MR) is 134 cm³/mol. The minimum atomic E-state index is -0.362. The lowest BCUT2D eigenvalue weighted by Gasteiger charge is -2.27. The highest BCUT2D eigenvalue weighted by molar-refractivity contribution is 6.32. The summed E-state index contributed by atoms with van der Waals surface area (Å²) in [5.74, 6) is 0.402. The van der Waals surface area contributed by atoms with E-state index in [0.29, 0.717) is 16.3 Å². The highest BCUT2D eigenvalue weighted by Gasteiger charge is 2.14. The van der Waals surface area contributed by atoms with Crippen molar-refractivity contribution in [2.24, 2.45) is 0 Å². The van der Waals surface area contributed by atoms with Crippen LogP contribution in [0.1, 0.15) is 35.7 Å². The van der Waals surface area contributed by atoms with Crippen molar-refractivity contribution < 1.29 is 4.39 Å². The lowest BCUT2D eigenvalue weighted by atomic mass is 10.0. The third-order valence-corrected chi connectivity index (χ3v) is 6.08. The van der Waals surface area contributed by atoms with E-state index in [4.69, 9.17) is 11.6 Å². The van der Waals surface area contributed by atoms with Crippen LogP contribution in [-0.2, 0) is 0 Å². The molecule has 172 valence electrons. The Labute approximate surface area is 198 Å². The molecule has 1 aromatic carbocycles. The Bertz CT molecular complexity index is 1160. The molecular formula is C25H28ClFN6. The summed E-state index contributed by atoms with van der Waals surface area (Å²) in [6.07, 6.45) is 8.63. The first kappa shape index (κ1) is 23.0. The van der Waals surface area contributed by atoms with E-state index < -0.39 is 0 Å². The van der Waals surface area contributed by atoms with E-state index in [0.717, 1.165) is 60.9 Å². The molecule has 0 saturated carbocycles. The van der Waals surface area contributed by atoms with Crippen LogP contribution in [0, 0.1) is 12.7 Å². The molecule has 0 unspecified atom stereocenters. The van der Waals surface area contributed by atoms with E-state index in [9.17, 15) is 4.39 Å². The molecule has 0 atom stereocenters. The molecule has 3 aromatic rings. The maximum Gasteiger partial charge on any atom is 0.225 e. The topological polar surface area (TPSA) is 58.0 Å². The Balaban J connectivity index is 1.58. The number of nitrogens with one attached hydrogen (secondary N) is 2. The van der Waals surface area contributed by atoms with Gasteiger partial charge in [-0.05, 0) is 54.8 Å². The number of rotatable bonds is 7. The lowest BCUT2D eigenvalue weighted by molar-refractivity contribution is 0.579. The molecule has 4 rings (SSSR count). The fourth-order valence-corrected chi connectivity index (χ4v) is 4.06. The molecule has 8 heteroatoms. The summed E-state index contributed by atoms with van der Waals surface area (Å²) in [6, 6.07) is 6.24. The van der Waals surface area contributed by atoms with Crippen LogP contribution in [0.3, 0.4) is 0 Å². The number of piperazine rings is 1. The van der Waals surface area contributed by atoms with E-state index in [1.807, 2.05) is 36.3 Å². The summed E-state index contributed by atoms with van der Waals surface area (Å²) in [7, 11) is 0. The van der Waals surface area contributed by atoms with Gasteiger partial charge in [0.2, 0.25) is 5.95 Å². The maximum absolute atomic E-state index is 13.7. The zero-order valence-corrected chi connectivity index (χ0v) is 19.7. The van der Waals surface area contributed by atoms with Crippen molar-refractivity contribution in [1.82, 2.24) is 20.0 Å². The summed E-state index contributed by atoms with van der Waals surface area (Å²) in [5, 5.41) is 3.78. The number of hydrogen-bond donors (Lipinski definition) is 2. The summed E-state index contributed by atoms with van der Waals surface area (Å²) < 4.78 is 15.6. The van der Waals surface area contributed by atoms with E-state index in [2.05, 4.69) is 45.2 Å². The Morgan fingerprint density at radius 1 is 1.24 bits per heavy atom. The van der Waals surface area contributed by atoms with E-state index >= 15 is 0 Å². The third kappa shape index (κ3) is 5.26.